The lowest BCUT2D eigenvalue weighted by Gasteiger charge is -2.19. The Kier molecular flexibility index (Phi) is 6.32. The predicted molar refractivity (Wildman–Crippen MR) is 151 cm³/mol. The largest absolute Gasteiger partial charge is 0.399 e. The Bertz CT molecular complexity index is 1460. The lowest BCUT2D eigenvalue weighted by molar-refractivity contribution is 1.45. The molecule has 0 amide bonds. The molecule has 0 spiro atoms. The average molecular weight is 452 g/mol. The van der Waals surface area contributed by atoms with Gasteiger partial charge in [-0.15, -0.1) is 0 Å². The Morgan fingerprint density at radius 2 is 1.17 bits per heavy atom. The molecule has 0 aromatic heterocycles. The highest BCUT2D eigenvalue weighted by atomic mass is 14.5. The van der Waals surface area contributed by atoms with Crippen LogP contribution in [0.3, 0.4) is 0 Å². The van der Waals surface area contributed by atoms with Gasteiger partial charge in [0.05, 0.1) is 0 Å². The normalized spacial score (nSPS) is 11.4. The number of aryl methyl sites for hydroxylation is 2. The first-order chi connectivity index (χ1) is 17.1. The van der Waals surface area contributed by atoms with Gasteiger partial charge in [0.15, 0.2) is 0 Å². The molecule has 0 heterocycles. The maximum absolute atomic E-state index is 5.97. The molecule has 5 aromatic carbocycles. The molecular weight excluding hydrogens is 422 g/mol. The molecule has 35 heavy (non-hydrogen) atoms. The van der Waals surface area contributed by atoms with E-state index < -0.39 is 0 Å². The summed E-state index contributed by atoms with van der Waals surface area (Å²) in [7, 11) is 0. The van der Waals surface area contributed by atoms with Crippen LogP contribution >= 0.6 is 0 Å². The van der Waals surface area contributed by atoms with Crippen LogP contribution in [0.1, 0.15) is 27.8 Å². The standard InChI is InChI=1S/C34H29N/c1-24-11-17-28(18-12-24)31-9-6-10-32(34(31)29-19-13-25(2)14-20-29)33(27-7-4-3-5-8-27)23-26-15-21-30(35)22-16-26/h3-23H,35H2,1-2H3. The second kappa shape index (κ2) is 9.87. The zero-order chi connectivity index (χ0) is 24.2. The number of nitrogens with two attached hydrogens (primary N) is 1. The van der Waals surface area contributed by atoms with Gasteiger partial charge in [0.25, 0.3) is 0 Å². The summed E-state index contributed by atoms with van der Waals surface area (Å²) in [5.41, 5.74) is 18.8. The molecule has 0 bridgehead atoms. The average Bonchev–Trinajstić information content (AvgIpc) is 2.89. The highest BCUT2D eigenvalue weighted by Gasteiger charge is 2.17. The van der Waals surface area contributed by atoms with Crippen LogP contribution in [-0.4, -0.2) is 0 Å². The van der Waals surface area contributed by atoms with Crippen molar-refractivity contribution in [3.05, 3.63) is 149 Å². The molecule has 0 saturated carbocycles. The first-order valence-corrected chi connectivity index (χ1v) is 12.0. The molecule has 0 atom stereocenters. The fourth-order valence-corrected chi connectivity index (χ4v) is 4.47. The number of nitrogen functional groups attached to an aromatic ring is 1. The number of hydrogen-bond donors (Lipinski definition) is 1. The molecular formula is C34H29N. The molecule has 170 valence electrons. The van der Waals surface area contributed by atoms with Crippen LogP contribution in [0, 0.1) is 13.8 Å². The third-order valence-corrected chi connectivity index (χ3v) is 6.39. The summed E-state index contributed by atoms with van der Waals surface area (Å²) < 4.78 is 0. The third-order valence-electron chi connectivity index (χ3n) is 6.39. The van der Waals surface area contributed by atoms with E-state index in [1.165, 1.54) is 50.1 Å². The van der Waals surface area contributed by atoms with Gasteiger partial charge < -0.3 is 5.73 Å². The van der Waals surface area contributed by atoms with Crippen LogP contribution in [0.2, 0.25) is 0 Å². The van der Waals surface area contributed by atoms with Crippen molar-refractivity contribution in [2.24, 2.45) is 0 Å². The SMILES string of the molecule is Cc1ccc(-c2cccc(C(=Cc3ccc(N)cc3)c3ccccc3)c2-c2ccc(C)cc2)cc1. The minimum absolute atomic E-state index is 0.769. The van der Waals surface area contributed by atoms with Gasteiger partial charge in [0, 0.05) is 5.69 Å². The van der Waals surface area contributed by atoms with Gasteiger partial charge >= 0.3 is 0 Å². The molecule has 5 rings (SSSR count). The molecule has 0 saturated heterocycles. The van der Waals surface area contributed by atoms with Gasteiger partial charge in [-0.3, -0.25) is 0 Å². The maximum Gasteiger partial charge on any atom is 0.0314 e. The summed E-state index contributed by atoms with van der Waals surface area (Å²) in [4.78, 5) is 0. The van der Waals surface area contributed by atoms with Crippen molar-refractivity contribution in [3.63, 3.8) is 0 Å². The molecule has 1 heteroatoms. The van der Waals surface area contributed by atoms with Gasteiger partial charge in [-0.2, -0.15) is 0 Å². The molecule has 5 aromatic rings. The summed E-state index contributed by atoms with van der Waals surface area (Å²) in [6, 6.07) is 43.0. The quantitative estimate of drug-likeness (QED) is 0.210. The first kappa shape index (κ1) is 22.4. The van der Waals surface area contributed by atoms with E-state index in [1.807, 2.05) is 12.1 Å². The van der Waals surface area contributed by atoms with Crippen LogP contribution in [0.5, 0.6) is 0 Å². The van der Waals surface area contributed by atoms with E-state index in [9.17, 15) is 0 Å². The Balaban J connectivity index is 1.80. The van der Waals surface area contributed by atoms with Crippen molar-refractivity contribution in [1.82, 2.24) is 0 Å². The van der Waals surface area contributed by atoms with E-state index in [-0.39, 0.29) is 0 Å². The molecule has 2 N–H and O–H groups in total. The maximum atomic E-state index is 5.97. The Labute approximate surface area is 208 Å². The third kappa shape index (κ3) is 4.95. The van der Waals surface area contributed by atoms with Crippen molar-refractivity contribution in [2.75, 3.05) is 5.73 Å². The molecule has 0 unspecified atom stereocenters. The molecule has 0 aliphatic heterocycles. The van der Waals surface area contributed by atoms with E-state index >= 15 is 0 Å². The minimum atomic E-state index is 0.769. The summed E-state index contributed by atoms with van der Waals surface area (Å²) in [5, 5.41) is 0. The Morgan fingerprint density at radius 3 is 1.80 bits per heavy atom. The molecule has 1 nitrogen and oxygen atoms in total. The van der Waals surface area contributed by atoms with Crippen molar-refractivity contribution in [1.29, 1.82) is 0 Å². The summed E-state index contributed by atoms with van der Waals surface area (Å²) >= 11 is 0. The first-order valence-electron chi connectivity index (χ1n) is 12.0. The lowest BCUT2D eigenvalue weighted by Crippen LogP contribution is -1.96. The van der Waals surface area contributed by atoms with Crippen molar-refractivity contribution >= 4 is 17.3 Å². The predicted octanol–water partition coefficient (Wildman–Crippen LogP) is 8.81. The molecule has 0 aliphatic carbocycles. The fourth-order valence-electron chi connectivity index (χ4n) is 4.47. The Hall–Kier alpha value is -4.36. The van der Waals surface area contributed by atoms with Crippen molar-refractivity contribution < 1.29 is 0 Å². The van der Waals surface area contributed by atoms with E-state index in [1.54, 1.807) is 0 Å². The van der Waals surface area contributed by atoms with Gasteiger partial charge in [-0.25, -0.2) is 0 Å². The number of hydrogen-bond acceptors (Lipinski definition) is 1. The Morgan fingerprint density at radius 1 is 0.571 bits per heavy atom. The number of rotatable bonds is 5. The highest BCUT2D eigenvalue weighted by Crippen LogP contribution is 2.40. The van der Waals surface area contributed by atoms with E-state index in [0.717, 1.165) is 11.3 Å². The second-order valence-electron chi connectivity index (χ2n) is 9.05. The zero-order valence-corrected chi connectivity index (χ0v) is 20.2. The number of anilines is 1. The zero-order valence-electron chi connectivity index (χ0n) is 20.2. The minimum Gasteiger partial charge on any atom is -0.399 e. The summed E-state index contributed by atoms with van der Waals surface area (Å²) in [6.07, 6.45) is 2.26. The van der Waals surface area contributed by atoms with Gasteiger partial charge in [0.2, 0.25) is 0 Å². The van der Waals surface area contributed by atoms with Crippen LogP contribution in [0.15, 0.2) is 121 Å². The van der Waals surface area contributed by atoms with Crippen LogP contribution < -0.4 is 5.73 Å². The monoisotopic (exact) mass is 451 g/mol. The number of benzene rings is 5. The topological polar surface area (TPSA) is 26.0 Å². The van der Waals surface area contributed by atoms with E-state index in [0.29, 0.717) is 0 Å². The van der Waals surface area contributed by atoms with Crippen LogP contribution in [0.4, 0.5) is 5.69 Å². The van der Waals surface area contributed by atoms with E-state index in [2.05, 4.69) is 129 Å². The summed E-state index contributed by atoms with van der Waals surface area (Å²) in [6.45, 7) is 4.26. The second-order valence-corrected chi connectivity index (χ2v) is 9.05. The van der Waals surface area contributed by atoms with Crippen molar-refractivity contribution in [3.8, 4) is 22.3 Å². The van der Waals surface area contributed by atoms with E-state index in [4.69, 9.17) is 5.73 Å². The smallest absolute Gasteiger partial charge is 0.0314 e. The fraction of sp³-hybridized carbons (Fsp3) is 0.0588. The van der Waals surface area contributed by atoms with Gasteiger partial charge in [-0.1, -0.05) is 120 Å². The van der Waals surface area contributed by atoms with Gasteiger partial charge in [0.1, 0.15) is 0 Å². The highest BCUT2D eigenvalue weighted by molar-refractivity contribution is 6.00. The van der Waals surface area contributed by atoms with Crippen molar-refractivity contribution in [2.45, 2.75) is 13.8 Å². The molecule has 0 aliphatic rings. The molecule has 0 fully saturated rings. The molecule has 0 radical (unpaired) electrons. The lowest BCUT2D eigenvalue weighted by atomic mass is 9.84. The summed E-state index contributed by atoms with van der Waals surface area (Å²) in [5.74, 6) is 0. The van der Waals surface area contributed by atoms with Crippen LogP contribution in [-0.2, 0) is 0 Å². The van der Waals surface area contributed by atoms with Crippen LogP contribution in [0.25, 0.3) is 33.9 Å². The van der Waals surface area contributed by atoms with Gasteiger partial charge in [-0.05, 0) is 76.6 Å².